The second-order valence-electron chi connectivity index (χ2n) is 7.02. The molecule has 1 aliphatic carbocycles. The molecule has 0 bridgehead atoms. The van der Waals surface area contributed by atoms with Gasteiger partial charge in [-0.2, -0.15) is 0 Å². The lowest BCUT2D eigenvalue weighted by Crippen LogP contribution is -2.23. The smallest absolute Gasteiger partial charge is 0.262 e. The van der Waals surface area contributed by atoms with Crippen LogP contribution in [0.15, 0.2) is 63.3 Å². The van der Waals surface area contributed by atoms with E-state index in [1.54, 1.807) is 17.7 Å². The van der Waals surface area contributed by atoms with Gasteiger partial charge in [0.05, 0.1) is 27.6 Å². The third-order valence-corrected chi connectivity index (χ3v) is 6.04. The van der Waals surface area contributed by atoms with Gasteiger partial charge in [-0.3, -0.25) is 18.7 Å². The van der Waals surface area contributed by atoms with Gasteiger partial charge in [0.1, 0.15) is 5.82 Å². The van der Waals surface area contributed by atoms with Gasteiger partial charge in [-0.25, -0.2) is 9.97 Å². The Balaban J connectivity index is 1.57. The van der Waals surface area contributed by atoms with Crippen LogP contribution >= 0.6 is 11.8 Å². The summed E-state index contributed by atoms with van der Waals surface area (Å²) in [6.45, 7) is 0. The summed E-state index contributed by atoms with van der Waals surface area (Å²) in [7, 11) is 1.74. The minimum Gasteiger partial charge on any atom is -0.299 e. The van der Waals surface area contributed by atoms with Crippen LogP contribution in [-0.4, -0.2) is 19.1 Å². The molecule has 140 valence electrons. The van der Waals surface area contributed by atoms with E-state index in [0.717, 1.165) is 12.8 Å². The van der Waals surface area contributed by atoms with E-state index >= 15 is 0 Å². The fourth-order valence-electron chi connectivity index (χ4n) is 3.40. The van der Waals surface area contributed by atoms with Gasteiger partial charge in [0.15, 0.2) is 5.16 Å². The van der Waals surface area contributed by atoms with Crippen LogP contribution in [0.2, 0.25) is 0 Å². The largest absolute Gasteiger partial charge is 0.299 e. The second kappa shape index (κ2) is 6.60. The zero-order valence-electron chi connectivity index (χ0n) is 15.3. The fourth-order valence-corrected chi connectivity index (χ4v) is 4.45. The molecule has 1 saturated carbocycles. The van der Waals surface area contributed by atoms with Crippen LogP contribution in [0.5, 0.6) is 0 Å². The van der Waals surface area contributed by atoms with Gasteiger partial charge in [-0.05, 0) is 37.1 Å². The van der Waals surface area contributed by atoms with Crippen molar-refractivity contribution >= 4 is 33.6 Å². The fraction of sp³-hybridized carbons (Fsp3) is 0.238. The molecule has 28 heavy (non-hydrogen) atoms. The maximum Gasteiger partial charge on any atom is 0.262 e. The molecule has 0 saturated heterocycles. The Morgan fingerprint density at radius 1 is 0.929 bits per heavy atom. The molecule has 0 unspecified atom stereocenters. The first-order chi connectivity index (χ1) is 13.6. The van der Waals surface area contributed by atoms with E-state index in [1.165, 1.54) is 11.8 Å². The van der Waals surface area contributed by atoms with E-state index in [2.05, 4.69) is 4.98 Å². The van der Waals surface area contributed by atoms with Crippen LogP contribution in [0.4, 0.5) is 0 Å². The number of thioether (sulfide) groups is 1. The molecule has 1 aliphatic rings. The highest BCUT2D eigenvalue weighted by molar-refractivity contribution is 7.98. The predicted molar refractivity (Wildman–Crippen MR) is 111 cm³/mol. The monoisotopic (exact) mass is 390 g/mol. The van der Waals surface area contributed by atoms with Crippen LogP contribution in [0.1, 0.15) is 24.7 Å². The Morgan fingerprint density at radius 3 is 2.21 bits per heavy atom. The first-order valence-corrected chi connectivity index (χ1v) is 10.2. The predicted octanol–water partition coefficient (Wildman–Crippen LogP) is 3.27. The van der Waals surface area contributed by atoms with Gasteiger partial charge in [0.2, 0.25) is 0 Å². The molecule has 4 aromatic rings. The van der Waals surface area contributed by atoms with Crippen molar-refractivity contribution in [1.82, 2.24) is 19.1 Å². The normalized spacial score (nSPS) is 14.0. The van der Waals surface area contributed by atoms with Crippen molar-refractivity contribution in [3.05, 3.63) is 75.1 Å². The number of benzene rings is 2. The highest BCUT2D eigenvalue weighted by Gasteiger charge is 2.28. The molecule has 0 atom stereocenters. The molecule has 0 aliphatic heterocycles. The van der Waals surface area contributed by atoms with Crippen molar-refractivity contribution in [1.29, 1.82) is 0 Å². The standard InChI is InChI=1S/C21H18N4O2S/c1-24-18(22-16-8-4-2-6-14(16)19(24)26)12-28-21-23-17-9-5-3-7-15(17)20(27)25(21)13-10-11-13/h2-9,13H,10-12H2,1H3. The summed E-state index contributed by atoms with van der Waals surface area (Å²) >= 11 is 1.46. The lowest BCUT2D eigenvalue weighted by molar-refractivity contribution is 0.617. The number of hydrogen-bond donors (Lipinski definition) is 0. The molecule has 0 spiro atoms. The van der Waals surface area contributed by atoms with E-state index in [-0.39, 0.29) is 17.2 Å². The topological polar surface area (TPSA) is 69.8 Å². The summed E-state index contributed by atoms with van der Waals surface area (Å²) in [4.78, 5) is 35.0. The maximum absolute atomic E-state index is 13.0. The van der Waals surface area contributed by atoms with E-state index < -0.39 is 0 Å². The van der Waals surface area contributed by atoms with Gasteiger partial charge in [0, 0.05) is 13.1 Å². The van der Waals surface area contributed by atoms with Crippen molar-refractivity contribution in [2.24, 2.45) is 7.05 Å². The molecule has 0 amide bonds. The highest BCUT2D eigenvalue weighted by Crippen LogP contribution is 2.37. The summed E-state index contributed by atoms with van der Waals surface area (Å²) in [5.74, 6) is 1.13. The van der Waals surface area contributed by atoms with Gasteiger partial charge in [0.25, 0.3) is 11.1 Å². The van der Waals surface area contributed by atoms with Crippen LogP contribution in [0.3, 0.4) is 0 Å². The molecule has 2 aromatic carbocycles. The van der Waals surface area contributed by atoms with Gasteiger partial charge in [-0.1, -0.05) is 36.0 Å². The molecule has 2 aromatic heterocycles. The molecule has 0 N–H and O–H groups in total. The molecule has 0 radical (unpaired) electrons. The lowest BCUT2D eigenvalue weighted by Gasteiger charge is -2.13. The summed E-state index contributed by atoms with van der Waals surface area (Å²) in [6, 6.07) is 15.0. The van der Waals surface area contributed by atoms with Crippen LogP contribution in [-0.2, 0) is 12.8 Å². The zero-order chi connectivity index (χ0) is 19.3. The number of aromatic nitrogens is 4. The Hall–Kier alpha value is -2.93. The molecular weight excluding hydrogens is 372 g/mol. The first-order valence-electron chi connectivity index (χ1n) is 9.22. The van der Waals surface area contributed by atoms with Crippen molar-refractivity contribution in [3.63, 3.8) is 0 Å². The SMILES string of the molecule is Cn1c(CSc2nc3ccccc3c(=O)n2C2CC2)nc2ccccc2c1=O. The summed E-state index contributed by atoms with van der Waals surface area (Å²) < 4.78 is 3.39. The summed E-state index contributed by atoms with van der Waals surface area (Å²) in [5, 5.41) is 1.95. The summed E-state index contributed by atoms with van der Waals surface area (Å²) in [6.07, 6.45) is 2.00. The average Bonchev–Trinajstić information content (AvgIpc) is 3.55. The van der Waals surface area contributed by atoms with Crippen LogP contribution in [0.25, 0.3) is 21.8 Å². The van der Waals surface area contributed by atoms with Gasteiger partial charge in [-0.15, -0.1) is 0 Å². The number of nitrogens with zero attached hydrogens (tertiary/aromatic N) is 4. The minimum absolute atomic E-state index is 0.0101. The van der Waals surface area contributed by atoms with Crippen molar-refractivity contribution in [3.8, 4) is 0 Å². The molecule has 7 heteroatoms. The Labute approximate surface area is 164 Å². The number of fused-ring (bicyclic) bond motifs is 2. The van der Waals surface area contributed by atoms with E-state index in [9.17, 15) is 9.59 Å². The summed E-state index contributed by atoms with van der Waals surface area (Å²) in [5.41, 5.74) is 1.34. The lowest BCUT2D eigenvalue weighted by atomic mass is 10.2. The average molecular weight is 390 g/mol. The maximum atomic E-state index is 13.0. The third-order valence-electron chi connectivity index (χ3n) is 5.09. The first kappa shape index (κ1) is 17.2. The van der Waals surface area contributed by atoms with Gasteiger partial charge >= 0.3 is 0 Å². The molecular formula is C21H18N4O2S. The minimum atomic E-state index is -0.0627. The Bertz CT molecular complexity index is 1340. The third kappa shape index (κ3) is 2.82. The number of rotatable bonds is 4. The van der Waals surface area contributed by atoms with E-state index in [1.807, 2.05) is 47.0 Å². The van der Waals surface area contributed by atoms with Gasteiger partial charge < -0.3 is 0 Å². The zero-order valence-corrected chi connectivity index (χ0v) is 16.1. The van der Waals surface area contributed by atoms with E-state index in [4.69, 9.17) is 4.98 Å². The second-order valence-corrected chi connectivity index (χ2v) is 7.96. The van der Waals surface area contributed by atoms with Crippen LogP contribution in [0, 0.1) is 0 Å². The number of hydrogen-bond acceptors (Lipinski definition) is 5. The highest BCUT2D eigenvalue weighted by atomic mass is 32.2. The molecule has 5 rings (SSSR count). The van der Waals surface area contributed by atoms with Crippen molar-refractivity contribution < 1.29 is 0 Å². The molecule has 6 nitrogen and oxygen atoms in total. The molecule has 2 heterocycles. The van der Waals surface area contributed by atoms with Crippen molar-refractivity contribution in [2.75, 3.05) is 0 Å². The number of para-hydroxylation sites is 2. The Morgan fingerprint density at radius 2 is 1.54 bits per heavy atom. The molecule has 1 fully saturated rings. The Kier molecular flexibility index (Phi) is 4.05. The van der Waals surface area contributed by atoms with Crippen molar-refractivity contribution in [2.45, 2.75) is 29.8 Å². The quantitative estimate of drug-likeness (QED) is 0.395. The van der Waals surface area contributed by atoms with E-state index in [0.29, 0.717) is 38.5 Å². The van der Waals surface area contributed by atoms with Crippen LogP contribution < -0.4 is 11.1 Å².